The molecule has 2 aromatic rings. The molecule has 0 heterocycles. The summed E-state index contributed by atoms with van der Waals surface area (Å²) in [6, 6.07) is 8.23. The quantitative estimate of drug-likeness (QED) is 0.244. The Balaban J connectivity index is 0. The van der Waals surface area contributed by atoms with Crippen molar-refractivity contribution in [2.45, 2.75) is 13.8 Å². The summed E-state index contributed by atoms with van der Waals surface area (Å²) in [7, 11) is 0. The van der Waals surface area contributed by atoms with E-state index < -0.39 is 35.1 Å². The standard InChI is InChI=1S/C14H12N2O5.2C2H4O2.Tb/c17-10-4-2-1-3-8(10)7-15-16-14(21)9-5-11(18)13(20)12(19)6-9;2*1-2(3)4;/h1-7,17-20H,(H,16,21);2*1H3,(H,3,4);/q;;;+3/p-3/b15-7+;;;. The minimum absolute atomic E-state index is 0. The minimum Gasteiger partial charge on any atom is -0.867 e. The number of carbonyl (C=O) groups excluding carboxylic acids is 3. The third kappa shape index (κ3) is 12.5. The molecule has 11 nitrogen and oxygen atoms in total. The number of hydrazone groups is 1. The molecule has 1 amide bonds. The van der Waals surface area contributed by atoms with Crippen LogP contribution in [0.4, 0.5) is 0 Å². The number of phenols is 3. The normalized spacial score (nSPS) is 9.13. The zero-order chi connectivity index (χ0) is 22.6. The Labute approximate surface area is 201 Å². The number of carbonyl (C=O) groups is 3. The topological polar surface area (TPSA) is 205 Å². The summed E-state index contributed by atoms with van der Waals surface area (Å²) in [5.74, 6) is -5.31. The molecule has 2 aromatic carbocycles. The van der Waals surface area contributed by atoms with Crippen molar-refractivity contribution < 1.29 is 83.6 Å². The minimum atomic E-state index is -1.08. The van der Waals surface area contributed by atoms with Crippen molar-refractivity contribution in [3.8, 4) is 23.0 Å². The largest absolute Gasteiger partial charge is 3.00 e. The van der Waals surface area contributed by atoms with Crippen molar-refractivity contribution in [1.82, 2.24) is 5.43 Å². The number of hydrogen-bond acceptors (Lipinski definition) is 10. The average molecular weight is 564 g/mol. The van der Waals surface area contributed by atoms with Crippen molar-refractivity contribution in [1.29, 1.82) is 0 Å². The first-order valence-corrected chi connectivity index (χ1v) is 7.65. The van der Waals surface area contributed by atoms with Gasteiger partial charge in [-0.25, -0.2) is 5.43 Å². The Hall–Kier alpha value is -2.99. The molecule has 2 rings (SSSR count). The molecule has 4 N–H and O–H groups in total. The molecule has 0 unspecified atom stereocenters. The van der Waals surface area contributed by atoms with Crippen LogP contribution in [-0.2, 0) is 9.59 Å². The van der Waals surface area contributed by atoms with Gasteiger partial charge in [0.2, 0.25) is 0 Å². The van der Waals surface area contributed by atoms with Gasteiger partial charge in [0.1, 0.15) is 17.2 Å². The molecule has 0 saturated heterocycles. The number of para-hydroxylation sites is 1. The maximum absolute atomic E-state index is 11.7. The van der Waals surface area contributed by atoms with E-state index in [0.29, 0.717) is 5.56 Å². The van der Waals surface area contributed by atoms with Gasteiger partial charge in [0.25, 0.3) is 5.91 Å². The van der Waals surface area contributed by atoms with E-state index >= 15 is 0 Å². The second-order valence-electron chi connectivity index (χ2n) is 5.08. The molecule has 162 valence electrons. The number of benzene rings is 2. The monoisotopic (exact) mass is 564 g/mol. The van der Waals surface area contributed by atoms with Crippen molar-refractivity contribution in [3.63, 3.8) is 0 Å². The fourth-order valence-electron chi connectivity index (χ4n) is 1.55. The van der Waals surface area contributed by atoms with Crippen LogP contribution < -0.4 is 20.7 Å². The van der Waals surface area contributed by atoms with Gasteiger partial charge in [0.05, 0.1) is 6.21 Å². The van der Waals surface area contributed by atoms with Gasteiger partial charge in [-0.15, -0.1) is 0 Å². The number of carboxylic acid groups (broad SMARTS) is 2. The molecule has 0 aliphatic rings. The fourth-order valence-corrected chi connectivity index (χ4v) is 1.55. The van der Waals surface area contributed by atoms with Crippen LogP contribution in [0.2, 0.25) is 0 Å². The Bertz CT molecular complexity index is 858. The second kappa shape index (κ2) is 14.9. The summed E-state index contributed by atoms with van der Waals surface area (Å²) in [6.45, 7) is 1.94. The molecular formula is C18H17N2O9Tb. The van der Waals surface area contributed by atoms with Gasteiger partial charge in [0.15, 0.2) is 0 Å². The van der Waals surface area contributed by atoms with Crippen LogP contribution in [0, 0.1) is 38.6 Å². The van der Waals surface area contributed by atoms with E-state index in [1.165, 1.54) is 12.3 Å². The molecule has 0 radical (unpaired) electrons. The van der Waals surface area contributed by atoms with Gasteiger partial charge < -0.3 is 40.2 Å². The van der Waals surface area contributed by atoms with Gasteiger partial charge in [-0.3, -0.25) is 4.79 Å². The van der Waals surface area contributed by atoms with E-state index in [9.17, 15) is 25.2 Å². The number of nitrogens with one attached hydrogen (secondary N) is 1. The van der Waals surface area contributed by atoms with Gasteiger partial charge in [-0.2, -0.15) is 5.10 Å². The van der Waals surface area contributed by atoms with Crippen LogP contribution in [-0.4, -0.2) is 39.4 Å². The number of rotatable bonds is 3. The summed E-state index contributed by atoms with van der Waals surface area (Å²) in [5, 5.41) is 60.5. The Kier molecular flexibility index (Phi) is 14.5. The van der Waals surface area contributed by atoms with Crippen LogP contribution in [0.25, 0.3) is 0 Å². The molecular weight excluding hydrogens is 547 g/mol. The summed E-state index contributed by atoms with van der Waals surface area (Å²) >= 11 is 0. The maximum atomic E-state index is 11.7. The van der Waals surface area contributed by atoms with Crippen molar-refractivity contribution in [2.75, 3.05) is 0 Å². The molecule has 12 heteroatoms. The zero-order valence-electron chi connectivity index (χ0n) is 15.6. The van der Waals surface area contributed by atoms with Gasteiger partial charge in [-0.05, 0) is 43.9 Å². The molecule has 30 heavy (non-hydrogen) atoms. The van der Waals surface area contributed by atoms with Crippen LogP contribution in [0.1, 0.15) is 29.8 Å². The predicted octanol–water partition coefficient (Wildman–Crippen LogP) is -1.85. The second-order valence-corrected chi connectivity index (χ2v) is 5.08. The number of aromatic hydroxyl groups is 3. The fraction of sp³-hybridized carbons (Fsp3) is 0.111. The Morgan fingerprint density at radius 2 is 1.37 bits per heavy atom. The van der Waals surface area contributed by atoms with E-state index in [1.807, 2.05) is 0 Å². The number of hydrogen-bond donors (Lipinski definition) is 4. The van der Waals surface area contributed by atoms with Gasteiger partial charge >= 0.3 is 38.6 Å². The SMILES string of the molecule is CC(=O)[O-].CC(=O)[O-].O=C(N/N=C/c1ccccc1O)c1cc(O)c([O-])c(O)c1.[Tb+3]. The number of phenolic OH excluding ortho intramolecular Hbond substituents is 3. The zero-order valence-corrected chi connectivity index (χ0v) is 17.8. The summed E-state index contributed by atoms with van der Waals surface area (Å²) in [5.41, 5.74) is 2.42. The van der Waals surface area contributed by atoms with Crippen molar-refractivity contribution in [3.05, 3.63) is 47.5 Å². The molecule has 0 aliphatic heterocycles. The van der Waals surface area contributed by atoms with Gasteiger partial charge in [-0.1, -0.05) is 12.1 Å². The van der Waals surface area contributed by atoms with E-state index in [1.54, 1.807) is 18.2 Å². The van der Waals surface area contributed by atoms with Crippen molar-refractivity contribution >= 4 is 24.1 Å². The molecule has 0 atom stereocenters. The number of aliphatic carboxylic acids is 2. The number of nitrogens with zero attached hydrogens (tertiary/aromatic N) is 1. The van der Waals surface area contributed by atoms with E-state index in [2.05, 4.69) is 10.5 Å². The van der Waals surface area contributed by atoms with Crippen LogP contribution >= 0.6 is 0 Å². The van der Waals surface area contributed by atoms with E-state index in [4.69, 9.17) is 19.8 Å². The van der Waals surface area contributed by atoms with Crippen LogP contribution in [0.15, 0.2) is 41.5 Å². The molecule has 0 spiro atoms. The van der Waals surface area contributed by atoms with E-state index in [-0.39, 0.29) is 49.9 Å². The van der Waals surface area contributed by atoms with Crippen LogP contribution in [0.3, 0.4) is 0 Å². The maximum Gasteiger partial charge on any atom is 3.00 e. The summed E-state index contributed by atoms with van der Waals surface area (Å²) in [6.07, 6.45) is 1.23. The molecule has 0 bridgehead atoms. The summed E-state index contributed by atoms with van der Waals surface area (Å²) in [4.78, 5) is 29.5. The third-order valence-corrected chi connectivity index (χ3v) is 2.62. The molecule has 0 aromatic heterocycles. The Morgan fingerprint density at radius 1 is 0.933 bits per heavy atom. The van der Waals surface area contributed by atoms with Crippen molar-refractivity contribution in [2.24, 2.45) is 5.10 Å². The molecule has 0 saturated carbocycles. The Morgan fingerprint density at radius 3 is 1.80 bits per heavy atom. The smallest absolute Gasteiger partial charge is 0.867 e. The van der Waals surface area contributed by atoms with Gasteiger partial charge in [0, 0.05) is 23.1 Å². The first-order valence-electron chi connectivity index (χ1n) is 7.65. The summed E-state index contributed by atoms with van der Waals surface area (Å²) < 4.78 is 0. The number of carboxylic acids is 2. The average Bonchev–Trinajstić information content (AvgIpc) is 2.59. The third-order valence-electron chi connectivity index (χ3n) is 2.62. The molecule has 0 aliphatic carbocycles. The number of amides is 1. The molecule has 0 fully saturated rings. The first kappa shape index (κ1) is 29.2. The van der Waals surface area contributed by atoms with Crippen LogP contribution in [0.5, 0.6) is 23.0 Å². The van der Waals surface area contributed by atoms with E-state index in [0.717, 1.165) is 26.0 Å². The predicted molar refractivity (Wildman–Crippen MR) is 93.7 cm³/mol. The first-order chi connectivity index (χ1) is 13.5.